The maximum Gasteiger partial charge on any atom is 0.306 e. The number of aliphatic carboxylic acids is 1. The Labute approximate surface area is 173 Å². The third kappa shape index (κ3) is 17.7. The molecule has 8 heteroatoms. The number of carbonyl (C=O) groups is 4. The summed E-state index contributed by atoms with van der Waals surface area (Å²) < 4.78 is 15.4. The number of unbranched alkanes of at least 4 members (excludes halogenated alkanes) is 6. The van der Waals surface area contributed by atoms with Crippen LogP contribution in [0.3, 0.4) is 0 Å². The summed E-state index contributed by atoms with van der Waals surface area (Å²) in [5, 5.41) is 8.64. The highest BCUT2D eigenvalue weighted by molar-refractivity contribution is 5.76. The fraction of sp³-hybridized carbons (Fsp3) is 0.810. The molecule has 0 aromatic rings. The van der Waals surface area contributed by atoms with Crippen molar-refractivity contribution in [2.75, 3.05) is 13.2 Å². The second-order valence-corrected chi connectivity index (χ2v) is 6.99. The van der Waals surface area contributed by atoms with Gasteiger partial charge in [-0.25, -0.2) is 0 Å². The average Bonchev–Trinajstić information content (AvgIpc) is 2.69. The Hall–Kier alpha value is -2.12. The molecule has 0 unspecified atom stereocenters. The van der Waals surface area contributed by atoms with Crippen molar-refractivity contribution in [3.8, 4) is 0 Å². The summed E-state index contributed by atoms with van der Waals surface area (Å²) in [5.41, 5.74) is 0. The van der Waals surface area contributed by atoms with E-state index in [0.29, 0.717) is 0 Å². The van der Waals surface area contributed by atoms with Gasteiger partial charge in [-0.05, 0) is 12.8 Å². The average molecular weight is 417 g/mol. The van der Waals surface area contributed by atoms with Gasteiger partial charge in [0.2, 0.25) is 0 Å². The Morgan fingerprint density at radius 1 is 0.655 bits per heavy atom. The Balaban J connectivity index is 4.40. The van der Waals surface area contributed by atoms with Crippen LogP contribution in [0.2, 0.25) is 0 Å². The number of ether oxygens (including phenoxy) is 3. The quantitative estimate of drug-likeness (QED) is 0.204. The van der Waals surface area contributed by atoms with E-state index in [9.17, 15) is 19.2 Å². The zero-order valence-electron chi connectivity index (χ0n) is 17.8. The molecule has 0 fully saturated rings. The molecule has 29 heavy (non-hydrogen) atoms. The van der Waals surface area contributed by atoms with E-state index < -0.39 is 30.0 Å². The fourth-order valence-corrected chi connectivity index (χ4v) is 2.48. The van der Waals surface area contributed by atoms with Gasteiger partial charge in [0, 0.05) is 12.8 Å². The number of hydrogen-bond donors (Lipinski definition) is 1. The van der Waals surface area contributed by atoms with Gasteiger partial charge in [-0.3, -0.25) is 19.2 Å². The third-order valence-corrected chi connectivity index (χ3v) is 4.17. The van der Waals surface area contributed by atoms with Gasteiger partial charge in [-0.15, -0.1) is 0 Å². The number of esters is 3. The molecular weight excluding hydrogens is 380 g/mol. The van der Waals surface area contributed by atoms with Gasteiger partial charge in [-0.2, -0.15) is 0 Å². The predicted molar refractivity (Wildman–Crippen MR) is 106 cm³/mol. The van der Waals surface area contributed by atoms with E-state index in [1.54, 1.807) is 0 Å². The molecule has 0 aromatic heterocycles. The standard InChI is InChI=1S/C21H36O8/c1-3-5-7-9-11-19(24)27-15-17(29-21(26)14-13-18(22)23)16-28-20(25)12-10-8-6-4-2/h17H,3-16H2,1-2H3,(H,22,23). The van der Waals surface area contributed by atoms with Crippen molar-refractivity contribution in [3.63, 3.8) is 0 Å². The molecule has 0 aliphatic rings. The molecule has 0 saturated carbocycles. The van der Waals surface area contributed by atoms with Crippen LogP contribution >= 0.6 is 0 Å². The summed E-state index contributed by atoms with van der Waals surface area (Å²) in [6.45, 7) is 3.70. The van der Waals surface area contributed by atoms with Gasteiger partial charge in [0.15, 0.2) is 6.10 Å². The third-order valence-electron chi connectivity index (χ3n) is 4.17. The lowest BCUT2D eigenvalue weighted by atomic mass is 10.1. The van der Waals surface area contributed by atoms with E-state index in [1.165, 1.54) is 0 Å². The predicted octanol–water partition coefficient (Wildman–Crippen LogP) is 3.79. The van der Waals surface area contributed by atoms with E-state index in [2.05, 4.69) is 13.8 Å². The first-order valence-electron chi connectivity index (χ1n) is 10.6. The van der Waals surface area contributed by atoms with Crippen LogP contribution in [0.25, 0.3) is 0 Å². The van der Waals surface area contributed by atoms with Crippen LogP contribution in [0.1, 0.15) is 90.9 Å². The number of rotatable bonds is 18. The molecule has 0 heterocycles. The number of carboxylic acids is 1. The van der Waals surface area contributed by atoms with E-state index in [1.807, 2.05) is 0 Å². The lowest BCUT2D eigenvalue weighted by Crippen LogP contribution is -2.31. The summed E-state index contributed by atoms with van der Waals surface area (Å²) >= 11 is 0. The van der Waals surface area contributed by atoms with Gasteiger partial charge in [0.1, 0.15) is 13.2 Å². The number of carbonyl (C=O) groups excluding carboxylic acids is 3. The molecule has 0 spiro atoms. The highest BCUT2D eigenvalue weighted by Gasteiger charge is 2.20. The van der Waals surface area contributed by atoms with Crippen LogP contribution in [0, 0.1) is 0 Å². The smallest absolute Gasteiger partial charge is 0.306 e. The zero-order chi connectivity index (χ0) is 21.9. The van der Waals surface area contributed by atoms with Crippen molar-refractivity contribution in [2.45, 2.75) is 97.0 Å². The summed E-state index contributed by atoms with van der Waals surface area (Å²) in [5.74, 6) is -2.66. The van der Waals surface area contributed by atoms with Gasteiger partial charge in [-0.1, -0.05) is 52.4 Å². The fourth-order valence-electron chi connectivity index (χ4n) is 2.48. The summed E-state index contributed by atoms with van der Waals surface area (Å²) in [7, 11) is 0. The van der Waals surface area contributed by atoms with Crippen molar-refractivity contribution in [3.05, 3.63) is 0 Å². The zero-order valence-corrected chi connectivity index (χ0v) is 17.8. The lowest BCUT2D eigenvalue weighted by Gasteiger charge is -2.18. The van der Waals surface area contributed by atoms with E-state index in [0.717, 1.165) is 51.4 Å². The highest BCUT2D eigenvalue weighted by Crippen LogP contribution is 2.07. The minimum Gasteiger partial charge on any atom is -0.481 e. The van der Waals surface area contributed by atoms with Crippen LogP contribution in [-0.2, 0) is 33.4 Å². The molecule has 0 bridgehead atoms. The van der Waals surface area contributed by atoms with Crippen LogP contribution in [0.4, 0.5) is 0 Å². The Bertz CT molecular complexity index is 461. The van der Waals surface area contributed by atoms with E-state index in [4.69, 9.17) is 19.3 Å². The van der Waals surface area contributed by atoms with E-state index >= 15 is 0 Å². The molecule has 0 aliphatic carbocycles. The van der Waals surface area contributed by atoms with Crippen LogP contribution < -0.4 is 0 Å². The Kier molecular flexibility index (Phi) is 16.6. The SMILES string of the molecule is CCCCCCC(=O)OCC(COC(=O)CCCCCC)OC(=O)CCC(=O)O. The first-order chi connectivity index (χ1) is 13.9. The summed E-state index contributed by atoms with van der Waals surface area (Å²) in [6, 6.07) is 0. The minimum absolute atomic E-state index is 0.228. The van der Waals surface area contributed by atoms with Crippen molar-refractivity contribution < 1.29 is 38.5 Å². The Morgan fingerprint density at radius 3 is 1.55 bits per heavy atom. The molecule has 0 amide bonds. The first kappa shape index (κ1) is 26.9. The molecule has 0 atom stereocenters. The molecule has 8 nitrogen and oxygen atoms in total. The molecule has 168 valence electrons. The molecule has 0 aromatic carbocycles. The van der Waals surface area contributed by atoms with E-state index in [-0.39, 0.29) is 38.9 Å². The topological polar surface area (TPSA) is 116 Å². The largest absolute Gasteiger partial charge is 0.481 e. The second-order valence-electron chi connectivity index (χ2n) is 6.99. The maximum atomic E-state index is 11.8. The molecule has 1 N–H and O–H groups in total. The molecule has 0 rings (SSSR count). The minimum atomic E-state index is -1.12. The van der Waals surface area contributed by atoms with Gasteiger partial charge in [0.25, 0.3) is 0 Å². The summed E-state index contributed by atoms with van der Waals surface area (Å²) in [4.78, 5) is 45.9. The first-order valence-corrected chi connectivity index (χ1v) is 10.6. The van der Waals surface area contributed by atoms with Gasteiger partial charge >= 0.3 is 23.9 Å². The normalized spacial score (nSPS) is 10.6. The molecule has 0 radical (unpaired) electrons. The monoisotopic (exact) mass is 416 g/mol. The van der Waals surface area contributed by atoms with Crippen molar-refractivity contribution in [1.82, 2.24) is 0 Å². The Morgan fingerprint density at radius 2 is 1.14 bits per heavy atom. The molecule has 0 aliphatic heterocycles. The van der Waals surface area contributed by atoms with Crippen LogP contribution in [-0.4, -0.2) is 48.3 Å². The van der Waals surface area contributed by atoms with Crippen LogP contribution in [0.15, 0.2) is 0 Å². The lowest BCUT2D eigenvalue weighted by molar-refractivity contribution is -0.167. The number of carboxylic acid groups (broad SMARTS) is 1. The number of hydrogen-bond acceptors (Lipinski definition) is 7. The van der Waals surface area contributed by atoms with Crippen LogP contribution in [0.5, 0.6) is 0 Å². The second kappa shape index (κ2) is 17.9. The van der Waals surface area contributed by atoms with Crippen molar-refractivity contribution >= 4 is 23.9 Å². The van der Waals surface area contributed by atoms with Crippen molar-refractivity contribution in [2.24, 2.45) is 0 Å². The van der Waals surface area contributed by atoms with Gasteiger partial charge in [0.05, 0.1) is 12.8 Å². The van der Waals surface area contributed by atoms with Gasteiger partial charge < -0.3 is 19.3 Å². The molecular formula is C21H36O8. The molecule has 0 saturated heterocycles. The maximum absolute atomic E-state index is 11.8. The highest BCUT2D eigenvalue weighted by atomic mass is 16.6. The summed E-state index contributed by atoms with van der Waals surface area (Å²) in [6.07, 6.45) is 6.48. The van der Waals surface area contributed by atoms with Crippen molar-refractivity contribution in [1.29, 1.82) is 0 Å².